The first-order valence-electron chi connectivity index (χ1n) is 12.0. The first-order valence-corrected chi connectivity index (χ1v) is 13.7. The molecule has 194 valence electrons. The van der Waals surface area contributed by atoms with Gasteiger partial charge >= 0.3 is 0 Å². The molecule has 0 spiro atoms. The van der Waals surface area contributed by atoms with E-state index in [-0.39, 0.29) is 36.0 Å². The summed E-state index contributed by atoms with van der Waals surface area (Å²) in [6.45, 7) is 5.44. The third kappa shape index (κ3) is 4.92. The van der Waals surface area contributed by atoms with Crippen molar-refractivity contribution >= 4 is 49.6 Å². The molecule has 4 atom stereocenters. The number of carbonyl (C=O) groups excluding carboxylic acids is 1. The fourth-order valence-corrected chi connectivity index (χ4v) is 7.06. The minimum absolute atomic E-state index is 0.0764. The van der Waals surface area contributed by atoms with Gasteiger partial charge < -0.3 is 31.2 Å². The van der Waals surface area contributed by atoms with Crippen LogP contribution in [0.25, 0.3) is 9.53 Å². The molecule has 1 saturated heterocycles. The van der Waals surface area contributed by atoms with E-state index in [9.17, 15) is 4.79 Å². The van der Waals surface area contributed by atoms with Crippen LogP contribution in [0, 0.1) is 12.7 Å². The highest BCUT2D eigenvalue weighted by molar-refractivity contribution is 7.29. The molecule has 4 heterocycles. The smallest absolute Gasteiger partial charge is 0.263 e. The molecule has 0 aromatic carbocycles. The molecular formula is C24H31FN6O3S2. The highest BCUT2D eigenvalue weighted by atomic mass is 32.1. The van der Waals surface area contributed by atoms with Gasteiger partial charge in [0, 0.05) is 43.6 Å². The van der Waals surface area contributed by atoms with Gasteiger partial charge in [-0.3, -0.25) is 4.79 Å². The van der Waals surface area contributed by atoms with Crippen LogP contribution in [0.4, 0.5) is 15.9 Å². The highest BCUT2D eigenvalue weighted by Crippen LogP contribution is 2.37. The number of rotatable bonds is 7. The molecule has 36 heavy (non-hydrogen) atoms. The third-order valence-corrected chi connectivity index (χ3v) is 8.93. The second kappa shape index (κ2) is 10.2. The number of hydrogen-bond donors (Lipinski definition) is 3. The Balaban J connectivity index is 1.25. The lowest BCUT2D eigenvalue weighted by Crippen LogP contribution is -2.39. The predicted octanol–water partition coefficient (Wildman–Crippen LogP) is 2.64. The summed E-state index contributed by atoms with van der Waals surface area (Å²) in [5.74, 6) is 0.0259. The maximum Gasteiger partial charge on any atom is 0.263 e. The number of nitrogen functional groups attached to an aromatic ring is 1. The van der Waals surface area contributed by atoms with Gasteiger partial charge in [0.2, 0.25) is 0 Å². The predicted molar refractivity (Wildman–Crippen MR) is 141 cm³/mol. The number of ether oxygens (including phenoxy) is 2. The van der Waals surface area contributed by atoms with Crippen molar-refractivity contribution in [1.82, 2.24) is 15.3 Å². The number of anilines is 2. The van der Waals surface area contributed by atoms with Gasteiger partial charge in [0.15, 0.2) is 0 Å². The van der Waals surface area contributed by atoms with Crippen LogP contribution in [0.15, 0.2) is 6.07 Å². The molecule has 12 heteroatoms. The minimum atomic E-state index is -0.310. The number of methoxy groups -OCH3 is 1. The molecule has 5 rings (SSSR count). The average Bonchev–Trinajstić information content (AvgIpc) is 3.47. The zero-order valence-corrected chi connectivity index (χ0v) is 22.2. The van der Waals surface area contributed by atoms with Crippen LogP contribution in [0.2, 0.25) is 0 Å². The van der Waals surface area contributed by atoms with Gasteiger partial charge in [-0.05, 0) is 33.1 Å². The van der Waals surface area contributed by atoms with E-state index in [1.54, 1.807) is 7.11 Å². The quantitative estimate of drug-likeness (QED) is 0.422. The van der Waals surface area contributed by atoms with Gasteiger partial charge in [0.1, 0.15) is 21.3 Å². The van der Waals surface area contributed by atoms with Crippen LogP contribution in [-0.2, 0) is 22.3 Å². The summed E-state index contributed by atoms with van der Waals surface area (Å²) < 4.78 is 27.2. The van der Waals surface area contributed by atoms with Crippen LogP contribution in [0.1, 0.15) is 39.3 Å². The lowest BCUT2D eigenvalue weighted by molar-refractivity contribution is -0.0348. The number of fused-ring (bicyclic) bond motifs is 2. The number of aromatic nitrogens is 2. The molecule has 4 unspecified atom stereocenters. The minimum Gasteiger partial charge on any atom is -0.396 e. The molecule has 9 nitrogen and oxygen atoms in total. The highest BCUT2D eigenvalue weighted by Gasteiger charge is 2.34. The first-order chi connectivity index (χ1) is 17.2. The summed E-state index contributed by atoms with van der Waals surface area (Å²) in [7, 11) is 1.63. The normalized spacial score (nSPS) is 22.7. The number of pyridine rings is 1. The van der Waals surface area contributed by atoms with Crippen molar-refractivity contribution in [2.45, 2.75) is 57.4 Å². The van der Waals surface area contributed by atoms with E-state index >= 15 is 4.39 Å². The van der Waals surface area contributed by atoms with E-state index in [2.05, 4.69) is 10.3 Å². The molecular weight excluding hydrogens is 503 g/mol. The van der Waals surface area contributed by atoms with Gasteiger partial charge in [-0.2, -0.15) is 0 Å². The molecule has 0 radical (unpaired) electrons. The number of halogens is 1. The fraction of sp³-hybridized carbons (Fsp3) is 0.542. The van der Waals surface area contributed by atoms with Crippen LogP contribution < -0.4 is 21.7 Å². The Morgan fingerprint density at radius 3 is 2.92 bits per heavy atom. The van der Waals surface area contributed by atoms with Crippen LogP contribution in [0.5, 0.6) is 0 Å². The second-order valence-electron chi connectivity index (χ2n) is 9.52. The molecule has 1 aliphatic heterocycles. The van der Waals surface area contributed by atoms with Crippen molar-refractivity contribution in [2.24, 2.45) is 5.73 Å². The maximum absolute atomic E-state index is 15.2. The number of amides is 1. The number of thiophene rings is 1. The van der Waals surface area contributed by atoms with E-state index in [4.69, 9.17) is 25.9 Å². The molecule has 0 bridgehead atoms. The summed E-state index contributed by atoms with van der Waals surface area (Å²) in [6.07, 6.45) is 1.38. The number of aryl methyl sites for hydroxylation is 2. The third-order valence-electron chi connectivity index (χ3n) is 6.70. The van der Waals surface area contributed by atoms with Gasteiger partial charge in [0.05, 0.1) is 40.3 Å². The van der Waals surface area contributed by atoms with E-state index < -0.39 is 0 Å². The first kappa shape index (κ1) is 25.3. The summed E-state index contributed by atoms with van der Waals surface area (Å²) in [5, 5.41) is 3.96. The van der Waals surface area contributed by atoms with Crippen molar-refractivity contribution < 1.29 is 18.7 Å². The Morgan fingerprint density at radius 2 is 2.17 bits per heavy atom. The van der Waals surface area contributed by atoms with E-state index in [0.717, 1.165) is 20.2 Å². The number of nitrogens with two attached hydrogens (primary N) is 2. The summed E-state index contributed by atoms with van der Waals surface area (Å²) in [4.78, 5) is 25.4. The monoisotopic (exact) mass is 534 g/mol. The SMILES string of the molecule is COCC(C)OC1CN(c2cc(F)c3c(n2)CCC(NC(=O)c2sc4nc(C)sc4c2N)C3)CC1N. The molecule has 1 aliphatic carbocycles. The summed E-state index contributed by atoms with van der Waals surface area (Å²) in [6, 6.07) is 1.08. The number of nitrogens with one attached hydrogen (secondary N) is 1. The molecule has 5 N–H and O–H groups in total. The van der Waals surface area contributed by atoms with Crippen molar-refractivity contribution in [3.63, 3.8) is 0 Å². The Morgan fingerprint density at radius 1 is 1.36 bits per heavy atom. The number of nitrogens with zero attached hydrogens (tertiary/aromatic N) is 3. The molecule has 1 amide bonds. The Hall–Kier alpha value is -2.38. The maximum atomic E-state index is 15.2. The summed E-state index contributed by atoms with van der Waals surface area (Å²) >= 11 is 2.78. The largest absolute Gasteiger partial charge is 0.396 e. The Kier molecular flexibility index (Phi) is 7.14. The van der Waals surface area contributed by atoms with Gasteiger partial charge in [-0.1, -0.05) is 0 Å². The molecule has 0 saturated carbocycles. The van der Waals surface area contributed by atoms with Gasteiger partial charge in [0.25, 0.3) is 5.91 Å². The fourth-order valence-electron chi connectivity index (χ4n) is 4.97. The van der Waals surface area contributed by atoms with Gasteiger partial charge in [-0.25, -0.2) is 14.4 Å². The van der Waals surface area contributed by atoms with E-state index in [0.29, 0.717) is 60.9 Å². The van der Waals surface area contributed by atoms with Crippen LogP contribution in [-0.4, -0.2) is 67.0 Å². The zero-order valence-electron chi connectivity index (χ0n) is 20.5. The summed E-state index contributed by atoms with van der Waals surface area (Å²) in [5.41, 5.74) is 14.3. The van der Waals surface area contributed by atoms with Crippen molar-refractivity contribution in [3.05, 3.63) is 33.0 Å². The standard InChI is InChI=1S/C24H31FN6O3S2/c1-11(10-33-3)34-18-9-31(8-16(18)26)19-7-15(25)14-6-13(4-5-17(14)30-19)29-23(32)21-20(27)22-24(36-21)28-12(2)35-22/h7,11,13,16,18H,4-6,8-10,26-27H2,1-3H3,(H,29,32). The zero-order chi connectivity index (χ0) is 25.6. The van der Waals surface area contributed by atoms with Gasteiger partial charge in [-0.15, -0.1) is 22.7 Å². The van der Waals surface area contributed by atoms with Crippen LogP contribution >= 0.6 is 22.7 Å². The topological polar surface area (TPSA) is 129 Å². The lowest BCUT2D eigenvalue weighted by atomic mass is 9.91. The lowest BCUT2D eigenvalue weighted by Gasteiger charge is -2.27. The number of hydrogen-bond acceptors (Lipinski definition) is 10. The van der Waals surface area contributed by atoms with Crippen LogP contribution in [0.3, 0.4) is 0 Å². The molecule has 1 fully saturated rings. The van der Waals surface area contributed by atoms with Crippen molar-refractivity contribution in [3.8, 4) is 0 Å². The number of carbonyl (C=O) groups is 1. The Labute approximate surface area is 217 Å². The van der Waals surface area contributed by atoms with Crippen molar-refractivity contribution in [1.29, 1.82) is 0 Å². The second-order valence-corrected chi connectivity index (χ2v) is 11.7. The van der Waals surface area contributed by atoms with E-state index in [1.165, 1.54) is 28.7 Å². The molecule has 2 aliphatic rings. The van der Waals surface area contributed by atoms with Crippen molar-refractivity contribution in [2.75, 3.05) is 37.4 Å². The number of thiazole rings is 1. The molecule has 3 aromatic rings. The van der Waals surface area contributed by atoms with E-state index in [1.807, 2.05) is 18.7 Å². The molecule has 3 aromatic heterocycles. The average molecular weight is 535 g/mol. The Bertz CT molecular complexity index is 1280.